The zero-order valence-electron chi connectivity index (χ0n) is 9.11. The molecule has 0 saturated heterocycles. The molecule has 1 aromatic rings. The number of aryl methyl sites for hydroxylation is 1. The fourth-order valence-electron chi connectivity index (χ4n) is 2.30. The van der Waals surface area contributed by atoms with E-state index >= 15 is 0 Å². The molecule has 3 nitrogen and oxygen atoms in total. The monoisotopic (exact) mass is 206 g/mol. The van der Waals surface area contributed by atoms with Crippen LogP contribution in [-0.2, 0) is 0 Å². The molecule has 0 aliphatic heterocycles. The molecule has 1 fully saturated rings. The highest BCUT2D eigenvalue weighted by atomic mass is 16.3. The number of anilines is 1. The second kappa shape index (κ2) is 4.19. The van der Waals surface area contributed by atoms with Gasteiger partial charge in [-0.25, -0.2) is 4.98 Å². The summed E-state index contributed by atoms with van der Waals surface area (Å²) in [5.74, 6) is 1.09. The van der Waals surface area contributed by atoms with Crippen LogP contribution in [0, 0.1) is 6.92 Å². The minimum absolute atomic E-state index is 0.108. The van der Waals surface area contributed by atoms with Crippen LogP contribution in [0.3, 0.4) is 0 Å². The van der Waals surface area contributed by atoms with Crippen LogP contribution < -0.4 is 5.73 Å². The van der Waals surface area contributed by atoms with Crippen LogP contribution in [0.15, 0.2) is 12.1 Å². The van der Waals surface area contributed by atoms with Gasteiger partial charge in [-0.3, -0.25) is 0 Å². The van der Waals surface area contributed by atoms with E-state index < -0.39 is 0 Å². The van der Waals surface area contributed by atoms with Gasteiger partial charge in [-0.05, 0) is 50.3 Å². The summed E-state index contributed by atoms with van der Waals surface area (Å²) in [5, 5.41) is 9.44. The Balaban J connectivity index is 2.15. The summed E-state index contributed by atoms with van der Waals surface area (Å²) in [6.07, 6.45) is 3.72. The second-order valence-electron chi connectivity index (χ2n) is 4.50. The Hall–Kier alpha value is -1.09. The average Bonchev–Trinajstić information content (AvgIpc) is 2.17. The molecule has 1 aromatic heterocycles. The Bertz CT molecular complexity index is 323. The number of nitrogen functional groups attached to an aromatic ring is 1. The minimum atomic E-state index is -0.108. The van der Waals surface area contributed by atoms with Gasteiger partial charge in [-0.15, -0.1) is 0 Å². The van der Waals surface area contributed by atoms with E-state index in [2.05, 4.69) is 11.1 Å². The number of nitrogens with two attached hydrogens (primary N) is 1. The molecule has 0 aromatic carbocycles. The third-order valence-corrected chi connectivity index (χ3v) is 3.12. The first-order valence-electron chi connectivity index (χ1n) is 5.57. The molecule has 3 N–H and O–H groups in total. The van der Waals surface area contributed by atoms with Gasteiger partial charge in [0.25, 0.3) is 0 Å². The lowest BCUT2D eigenvalue weighted by atomic mass is 9.85. The minimum Gasteiger partial charge on any atom is -0.393 e. The highest BCUT2D eigenvalue weighted by Gasteiger charge is 2.21. The zero-order chi connectivity index (χ0) is 10.8. The number of hydrogen-bond acceptors (Lipinski definition) is 3. The lowest BCUT2D eigenvalue weighted by molar-refractivity contribution is 0.122. The van der Waals surface area contributed by atoms with Gasteiger partial charge in [0.2, 0.25) is 0 Å². The Morgan fingerprint density at radius 3 is 2.53 bits per heavy atom. The maximum atomic E-state index is 9.44. The number of aromatic nitrogens is 1. The molecule has 1 heterocycles. The lowest BCUT2D eigenvalue weighted by Crippen LogP contribution is -2.18. The van der Waals surface area contributed by atoms with Crippen LogP contribution in [-0.4, -0.2) is 16.2 Å². The number of nitrogens with zero attached hydrogens (tertiary/aromatic N) is 1. The van der Waals surface area contributed by atoms with Crippen molar-refractivity contribution in [1.29, 1.82) is 0 Å². The van der Waals surface area contributed by atoms with E-state index in [9.17, 15) is 5.11 Å². The second-order valence-corrected chi connectivity index (χ2v) is 4.50. The molecule has 15 heavy (non-hydrogen) atoms. The number of aliphatic hydroxyl groups excluding tert-OH is 1. The standard InChI is InChI=1S/C12H18N2O/c1-8-6-11(14-12(13)7-8)9-2-4-10(15)5-3-9/h6-7,9-10,15H,2-5H2,1H3,(H2,13,14)/t9-,10-. The normalized spacial score (nSPS) is 26.5. The summed E-state index contributed by atoms with van der Waals surface area (Å²) in [6.45, 7) is 2.04. The van der Waals surface area contributed by atoms with Crippen molar-refractivity contribution in [1.82, 2.24) is 4.98 Å². The quantitative estimate of drug-likeness (QED) is 0.738. The molecule has 0 bridgehead atoms. The van der Waals surface area contributed by atoms with Crippen molar-refractivity contribution in [3.05, 3.63) is 23.4 Å². The Labute approximate surface area is 90.3 Å². The molecule has 1 saturated carbocycles. The fourth-order valence-corrected chi connectivity index (χ4v) is 2.30. The average molecular weight is 206 g/mol. The highest BCUT2D eigenvalue weighted by molar-refractivity contribution is 5.35. The molecule has 2 rings (SSSR count). The van der Waals surface area contributed by atoms with E-state index in [-0.39, 0.29) is 6.10 Å². The highest BCUT2D eigenvalue weighted by Crippen LogP contribution is 2.32. The smallest absolute Gasteiger partial charge is 0.123 e. The van der Waals surface area contributed by atoms with Gasteiger partial charge in [0.05, 0.1) is 6.10 Å². The summed E-state index contributed by atoms with van der Waals surface area (Å²) in [6, 6.07) is 4.00. The number of aliphatic hydroxyl groups is 1. The van der Waals surface area contributed by atoms with Gasteiger partial charge in [-0.2, -0.15) is 0 Å². The number of rotatable bonds is 1. The first kappa shape index (κ1) is 10.4. The Kier molecular flexibility index (Phi) is 2.91. The predicted octanol–water partition coefficient (Wildman–Crippen LogP) is 1.99. The van der Waals surface area contributed by atoms with E-state index in [0.29, 0.717) is 11.7 Å². The van der Waals surface area contributed by atoms with Crippen LogP contribution in [0.25, 0.3) is 0 Å². The summed E-state index contributed by atoms with van der Waals surface area (Å²) in [5.41, 5.74) is 8.00. The summed E-state index contributed by atoms with van der Waals surface area (Å²) < 4.78 is 0. The summed E-state index contributed by atoms with van der Waals surface area (Å²) >= 11 is 0. The van der Waals surface area contributed by atoms with E-state index in [1.807, 2.05) is 13.0 Å². The van der Waals surface area contributed by atoms with Gasteiger partial charge >= 0.3 is 0 Å². The first-order chi connectivity index (χ1) is 7.15. The van der Waals surface area contributed by atoms with Crippen LogP contribution in [0.1, 0.15) is 42.9 Å². The topological polar surface area (TPSA) is 59.1 Å². The Morgan fingerprint density at radius 1 is 1.27 bits per heavy atom. The van der Waals surface area contributed by atoms with E-state index in [4.69, 9.17) is 5.73 Å². The summed E-state index contributed by atoms with van der Waals surface area (Å²) in [4.78, 5) is 4.38. The molecule has 0 atom stereocenters. The third kappa shape index (κ3) is 2.48. The molecule has 0 radical (unpaired) electrons. The SMILES string of the molecule is Cc1cc(N)nc([C@H]2CC[C@H](O)CC2)c1. The fraction of sp³-hybridized carbons (Fsp3) is 0.583. The molecule has 0 spiro atoms. The van der Waals surface area contributed by atoms with Crippen molar-refractivity contribution in [2.24, 2.45) is 0 Å². The van der Waals surface area contributed by atoms with Gasteiger partial charge < -0.3 is 10.8 Å². The van der Waals surface area contributed by atoms with Crippen molar-refractivity contribution in [3.8, 4) is 0 Å². The van der Waals surface area contributed by atoms with Crippen LogP contribution >= 0.6 is 0 Å². The molecule has 1 aliphatic rings. The first-order valence-corrected chi connectivity index (χ1v) is 5.57. The maximum absolute atomic E-state index is 9.44. The van der Waals surface area contributed by atoms with Crippen LogP contribution in [0.5, 0.6) is 0 Å². The van der Waals surface area contributed by atoms with Gasteiger partial charge in [-0.1, -0.05) is 0 Å². The van der Waals surface area contributed by atoms with Crippen molar-refractivity contribution in [2.75, 3.05) is 5.73 Å². The number of hydrogen-bond donors (Lipinski definition) is 2. The molecule has 82 valence electrons. The van der Waals surface area contributed by atoms with E-state index in [1.54, 1.807) is 0 Å². The number of pyridine rings is 1. The molecule has 0 amide bonds. The predicted molar refractivity (Wildman–Crippen MR) is 60.6 cm³/mol. The van der Waals surface area contributed by atoms with Gasteiger partial charge in [0.15, 0.2) is 0 Å². The van der Waals surface area contributed by atoms with Crippen molar-refractivity contribution >= 4 is 5.82 Å². The lowest BCUT2D eigenvalue weighted by Gasteiger charge is -2.25. The Morgan fingerprint density at radius 2 is 1.93 bits per heavy atom. The van der Waals surface area contributed by atoms with Crippen LogP contribution in [0.4, 0.5) is 5.82 Å². The van der Waals surface area contributed by atoms with Crippen LogP contribution in [0.2, 0.25) is 0 Å². The molecular weight excluding hydrogens is 188 g/mol. The third-order valence-electron chi connectivity index (χ3n) is 3.12. The van der Waals surface area contributed by atoms with Crippen molar-refractivity contribution in [3.63, 3.8) is 0 Å². The largest absolute Gasteiger partial charge is 0.393 e. The van der Waals surface area contributed by atoms with Gasteiger partial charge in [0, 0.05) is 11.6 Å². The van der Waals surface area contributed by atoms with E-state index in [0.717, 1.165) is 31.4 Å². The molecule has 1 aliphatic carbocycles. The van der Waals surface area contributed by atoms with Crippen molar-refractivity contribution in [2.45, 2.75) is 44.6 Å². The zero-order valence-corrected chi connectivity index (χ0v) is 9.11. The molecule has 0 unspecified atom stereocenters. The summed E-state index contributed by atoms with van der Waals surface area (Å²) in [7, 11) is 0. The van der Waals surface area contributed by atoms with Crippen molar-refractivity contribution < 1.29 is 5.11 Å². The maximum Gasteiger partial charge on any atom is 0.123 e. The molecule has 3 heteroatoms. The van der Waals surface area contributed by atoms with Gasteiger partial charge in [0.1, 0.15) is 5.82 Å². The molecular formula is C12H18N2O. The van der Waals surface area contributed by atoms with E-state index in [1.165, 1.54) is 5.56 Å².